The third-order valence-corrected chi connectivity index (χ3v) is 9.26. The maximum Gasteiger partial charge on any atom is 0.265 e. The number of hydrogen-bond acceptors (Lipinski definition) is 6. The van der Waals surface area contributed by atoms with Gasteiger partial charge < -0.3 is 15.0 Å². The summed E-state index contributed by atoms with van der Waals surface area (Å²) in [5.41, 5.74) is 0.326. The van der Waals surface area contributed by atoms with Crippen molar-refractivity contribution in [2.45, 2.75) is 68.7 Å². The summed E-state index contributed by atoms with van der Waals surface area (Å²) in [6.07, 6.45) is 9.96. The summed E-state index contributed by atoms with van der Waals surface area (Å²) in [5, 5.41) is 2.91. The van der Waals surface area contributed by atoms with E-state index in [1.165, 1.54) is 53.4 Å². The molecule has 0 radical (unpaired) electrons. The number of nitrogens with one attached hydrogen (secondary N) is 1. The molecule has 1 N–H and O–H groups in total. The molecule has 0 unspecified atom stereocenters. The van der Waals surface area contributed by atoms with Gasteiger partial charge in [0.2, 0.25) is 15.9 Å². The van der Waals surface area contributed by atoms with Crippen molar-refractivity contribution in [1.29, 1.82) is 0 Å². The minimum Gasteiger partial charge on any atom is -0.482 e. The van der Waals surface area contributed by atoms with Gasteiger partial charge in [-0.2, -0.15) is 4.31 Å². The summed E-state index contributed by atoms with van der Waals surface area (Å²) in [6, 6.07) is 5.14. The molecular weight excluding hydrogens is 468 g/mol. The summed E-state index contributed by atoms with van der Waals surface area (Å²) < 4.78 is 33.6. The van der Waals surface area contributed by atoms with Gasteiger partial charge in [0.1, 0.15) is 12.3 Å². The van der Waals surface area contributed by atoms with Gasteiger partial charge in [-0.1, -0.05) is 32.1 Å². The first kappa shape index (κ1) is 25.9. The third-order valence-electron chi connectivity index (χ3n) is 7.36. The van der Waals surface area contributed by atoms with Gasteiger partial charge in [0.25, 0.3) is 5.91 Å². The van der Waals surface area contributed by atoms with Gasteiger partial charge >= 0.3 is 0 Å². The maximum atomic E-state index is 13.3. The molecule has 0 aromatic heterocycles. The van der Waals surface area contributed by atoms with E-state index < -0.39 is 10.0 Å². The van der Waals surface area contributed by atoms with Crippen LogP contribution in [0.5, 0.6) is 5.75 Å². The molecule has 194 valence electrons. The van der Waals surface area contributed by atoms with Crippen molar-refractivity contribution in [3.8, 4) is 5.75 Å². The van der Waals surface area contributed by atoms with Crippen molar-refractivity contribution in [2.75, 3.05) is 51.3 Å². The highest BCUT2D eigenvalue weighted by atomic mass is 32.2. The number of sulfonamides is 1. The van der Waals surface area contributed by atoms with E-state index in [4.69, 9.17) is 4.74 Å². The maximum absolute atomic E-state index is 13.3. The molecule has 0 spiro atoms. The van der Waals surface area contributed by atoms with Crippen LogP contribution in [0.2, 0.25) is 0 Å². The van der Waals surface area contributed by atoms with Crippen molar-refractivity contribution in [3.05, 3.63) is 18.2 Å². The number of anilines is 1. The van der Waals surface area contributed by atoms with Crippen LogP contribution >= 0.6 is 0 Å². The second kappa shape index (κ2) is 11.7. The summed E-state index contributed by atoms with van der Waals surface area (Å²) >= 11 is 0. The molecule has 1 aliphatic carbocycles. The number of carbonyl (C=O) groups is 2. The van der Waals surface area contributed by atoms with Crippen molar-refractivity contribution >= 4 is 27.5 Å². The molecule has 4 rings (SSSR count). The van der Waals surface area contributed by atoms with E-state index in [0.717, 1.165) is 32.2 Å². The number of fused-ring (bicyclic) bond motifs is 1. The average Bonchev–Trinajstić information content (AvgIpc) is 3.16. The Balaban J connectivity index is 1.41. The van der Waals surface area contributed by atoms with E-state index in [2.05, 4.69) is 17.3 Å². The Hall–Kier alpha value is -2.17. The summed E-state index contributed by atoms with van der Waals surface area (Å²) in [4.78, 5) is 29.1. The first-order valence-corrected chi connectivity index (χ1v) is 14.3. The Labute approximate surface area is 208 Å². The van der Waals surface area contributed by atoms with Crippen LogP contribution in [-0.4, -0.2) is 81.9 Å². The van der Waals surface area contributed by atoms with Crippen LogP contribution in [0.25, 0.3) is 0 Å². The van der Waals surface area contributed by atoms with Crippen LogP contribution in [0.3, 0.4) is 0 Å². The van der Waals surface area contributed by atoms with Crippen LogP contribution in [0.1, 0.15) is 57.8 Å². The minimum atomic E-state index is -3.69. The first-order chi connectivity index (χ1) is 16.9. The molecule has 1 aromatic carbocycles. The molecule has 9 nitrogen and oxygen atoms in total. The molecule has 2 fully saturated rings. The summed E-state index contributed by atoms with van der Waals surface area (Å²) in [5.74, 6) is -0.232. The number of hydrogen-bond donors (Lipinski definition) is 1. The summed E-state index contributed by atoms with van der Waals surface area (Å²) in [6.45, 7) is 1.90. The number of nitrogens with zero attached hydrogens (tertiary/aromatic N) is 3. The second-order valence-corrected chi connectivity index (χ2v) is 11.8. The predicted molar refractivity (Wildman–Crippen MR) is 134 cm³/mol. The molecule has 2 heterocycles. The standard InChI is InChI=1S/C25H38N4O5S/c1-27(20-9-5-4-6-10-20)16-13-26-24(30)18-29-22-17-21(11-12-23(22)34-19-25(29)31)35(32,33)28-14-7-2-3-8-15-28/h11-12,17,20H,2-10,13-16,18-19H2,1H3,(H,26,30). The molecule has 35 heavy (non-hydrogen) atoms. The number of rotatable bonds is 8. The van der Waals surface area contributed by atoms with E-state index in [1.807, 2.05) is 0 Å². The zero-order valence-corrected chi connectivity index (χ0v) is 21.5. The first-order valence-electron chi connectivity index (χ1n) is 12.9. The Bertz CT molecular complexity index is 1000. The van der Waals surface area contributed by atoms with Crippen LogP contribution in [0, 0.1) is 0 Å². The normalized spacial score (nSPS) is 20.3. The van der Waals surface area contributed by atoms with E-state index >= 15 is 0 Å². The molecule has 2 amide bonds. The highest BCUT2D eigenvalue weighted by molar-refractivity contribution is 7.89. The minimum absolute atomic E-state index is 0.121. The van der Waals surface area contributed by atoms with Gasteiger partial charge in [0.15, 0.2) is 6.61 Å². The quantitative estimate of drug-likeness (QED) is 0.581. The molecule has 10 heteroatoms. The van der Waals surface area contributed by atoms with Crippen LogP contribution < -0.4 is 15.0 Å². The van der Waals surface area contributed by atoms with E-state index in [1.54, 1.807) is 6.07 Å². The van der Waals surface area contributed by atoms with Gasteiger partial charge in [-0.15, -0.1) is 0 Å². The fraction of sp³-hybridized carbons (Fsp3) is 0.680. The monoisotopic (exact) mass is 506 g/mol. The lowest BCUT2D eigenvalue weighted by molar-refractivity contribution is -0.125. The lowest BCUT2D eigenvalue weighted by Gasteiger charge is -2.31. The topological polar surface area (TPSA) is 99.3 Å². The number of likely N-dealkylation sites (N-methyl/N-ethyl adjacent to an activating group) is 1. The molecule has 2 aliphatic heterocycles. The molecule has 1 aromatic rings. The molecule has 1 saturated heterocycles. The van der Waals surface area contributed by atoms with Crippen molar-refractivity contribution < 1.29 is 22.7 Å². The fourth-order valence-corrected chi connectivity index (χ4v) is 6.76. The Kier molecular flexibility index (Phi) is 8.67. The molecule has 0 atom stereocenters. The van der Waals surface area contributed by atoms with E-state index in [-0.39, 0.29) is 29.9 Å². The van der Waals surface area contributed by atoms with Crippen LogP contribution in [0.4, 0.5) is 5.69 Å². The number of amides is 2. The Morgan fingerprint density at radius 2 is 1.77 bits per heavy atom. The van der Waals surface area contributed by atoms with Gasteiger partial charge in [-0.3, -0.25) is 14.5 Å². The highest BCUT2D eigenvalue weighted by Crippen LogP contribution is 2.35. The zero-order chi connectivity index (χ0) is 24.8. The fourth-order valence-electron chi connectivity index (χ4n) is 5.22. The molecular formula is C25H38N4O5S. The average molecular weight is 507 g/mol. The predicted octanol–water partition coefficient (Wildman–Crippen LogP) is 2.36. The Morgan fingerprint density at radius 1 is 1.09 bits per heavy atom. The molecule has 0 bridgehead atoms. The van der Waals surface area contributed by atoms with Crippen molar-refractivity contribution in [3.63, 3.8) is 0 Å². The van der Waals surface area contributed by atoms with Crippen molar-refractivity contribution in [2.24, 2.45) is 0 Å². The third kappa shape index (κ3) is 6.34. The lowest BCUT2D eigenvalue weighted by atomic mass is 9.94. The number of ether oxygens (including phenoxy) is 1. The van der Waals surface area contributed by atoms with Gasteiger partial charge in [0, 0.05) is 32.2 Å². The highest BCUT2D eigenvalue weighted by Gasteiger charge is 2.31. The van der Waals surface area contributed by atoms with Crippen LogP contribution in [0.15, 0.2) is 23.1 Å². The molecule has 3 aliphatic rings. The van der Waals surface area contributed by atoms with E-state index in [9.17, 15) is 18.0 Å². The zero-order valence-electron chi connectivity index (χ0n) is 20.7. The Morgan fingerprint density at radius 3 is 2.49 bits per heavy atom. The smallest absolute Gasteiger partial charge is 0.265 e. The van der Waals surface area contributed by atoms with E-state index in [0.29, 0.717) is 37.1 Å². The largest absolute Gasteiger partial charge is 0.482 e. The summed E-state index contributed by atoms with van der Waals surface area (Å²) in [7, 11) is -1.60. The second-order valence-electron chi connectivity index (χ2n) is 9.84. The van der Waals surface area contributed by atoms with Gasteiger partial charge in [0.05, 0.1) is 10.6 Å². The van der Waals surface area contributed by atoms with Gasteiger partial charge in [-0.25, -0.2) is 8.42 Å². The number of benzene rings is 1. The van der Waals surface area contributed by atoms with Crippen LogP contribution in [-0.2, 0) is 19.6 Å². The van der Waals surface area contributed by atoms with Crippen molar-refractivity contribution in [1.82, 2.24) is 14.5 Å². The number of carbonyl (C=O) groups excluding carboxylic acids is 2. The van der Waals surface area contributed by atoms with Gasteiger partial charge in [-0.05, 0) is 50.9 Å². The SMILES string of the molecule is CN(CCNC(=O)CN1C(=O)COc2ccc(S(=O)(=O)N3CCCCCC3)cc21)C1CCCCC1. The lowest BCUT2D eigenvalue weighted by Crippen LogP contribution is -2.46. The molecule has 1 saturated carbocycles.